The fourth-order valence-corrected chi connectivity index (χ4v) is 2.59. The van der Waals surface area contributed by atoms with Crippen LogP contribution >= 0.6 is 0 Å². The van der Waals surface area contributed by atoms with Crippen LogP contribution < -0.4 is 10.6 Å². The Bertz CT molecular complexity index is 213. The van der Waals surface area contributed by atoms with Gasteiger partial charge in [-0.15, -0.1) is 0 Å². The van der Waals surface area contributed by atoms with E-state index < -0.39 is 0 Å². The summed E-state index contributed by atoms with van der Waals surface area (Å²) in [4.78, 5) is 11.6. The fraction of sp³-hybridized carbons (Fsp3) is 0.933. The maximum atomic E-state index is 11.6. The number of carbonyl (C=O) groups excluding carboxylic acids is 1. The molecule has 0 radical (unpaired) electrons. The van der Waals surface area contributed by atoms with Gasteiger partial charge in [-0.25, -0.2) is 0 Å². The molecule has 0 bridgehead atoms. The van der Waals surface area contributed by atoms with Crippen molar-refractivity contribution in [2.24, 2.45) is 5.92 Å². The molecular formula is C15H30N2O. The lowest BCUT2D eigenvalue weighted by molar-refractivity contribution is -0.120. The van der Waals surface area contributed by atoms with Crippen molar-refractivity contribution in [1.82, 2.24) is 10.6 Å². The molecule has 0 spiro atoms. The van der Waals surface area contributed by atoms with E-state index in [-0.39, 0.29) is 5.91 Å². The SMILES string of the molecule is CCCCCCNCC(=O)NCC1CCCCC1. The van der Waals surface area contributed by atoms with E-state index >= 15 is 0 Å². The molecule has 0 aromatic rings. The monoisotopic (exact) mass is 254 g/mol. The standard InChI is InChI=1S/C15H30N2O/c1-2-3-4-8-11-16-13-15(18)17-12-14-9-6-5-7-10-14/h14,16H,2-13H2,1H3,(H,17,18). The van der Waals surface area contributed by atoms with Crippen LogP contribution in [0, 0.1) is 5.92 Å². The summed E-state index contributed by atoms with van der Waals surface area (Å²) in [5.74, 6) is 0.892. The molecule has 106 valence electrons. The largest absolute Gasteiger partial charge is 0.355 e. The summed E-state index contributed by atoms with van der Waals surface area (Å²) in [6.45, 7) is 4.55. The summed E-state index contributed by atoms with van der Waals surface area (Å²) in [7, 11) is 0. The third-order valence-electron chi connectivity index (χ3n) is 3.81. The Morgan fingerprint density at radius 3 is 2.61 bits per heavy atom. The van der Waals surface area contributed by atoms with Crippen LogP contribution in [0.3, 0.4) is 0 Å². The number of unbranched alkanes of at least 4 members (excludes halogenated alkanes) is 3. The molecule has 1 amide bonds. The van der Waals surface area contributed by atoms with Crippen LogP contribution in [0.1, 0.15) is 64.7 Å². The molecule has 0 atom stereocenters. The van der Waals surface area contributed by atoms with Crippen molar-refractivity contribution in [1.29, 1.82) is 0 Å². The van der Waals surface area contributed by atoms with Gasteiger partial charge in [0.05, 0.1) is 6.54 Å². The van der Waals surface area contributed by atoms with Gasteiger partial charge in [0, 0.05) is 6.54 Å². The molecule has 1 aliphatic rings. The fourth-order valence-electron chi connectivity index (χ4n) is 2.59. The molecule has 1 rings (SSSR count). The predicted octanol–water partition coefficient (Wildman–Crippen LogP) is 2.85. The lowest BCUT2D eigenvalue weighted by Gasteiger charge is -2.21. The molecule has 2 N–H and O–H groups in total. The van der Waals surface area contributed by atoms with Crippen LogP contribution in [-0.4, -0.2) is 25.5 Å². The molecule has 0 unspecified atom stereocenters. The first kappa shape index (κ1) is 15.5. The van der Waals surface area contributed by atoms with Gasteiger partial charge in [0.25, 0.3) is 0 Å². The van der Waals surface area contributed by atoms with Crippen molar-refractivity contribution in [3.63, 3.8) is 0 Å². The van der Waals surface area contributed by atoms with Gasteiger partial charge in [0.1, 0.15) is 0 Å². The zero-order chi connectivity index (χ0) is 13.1. The van der Waals surface area contributed by atoms with Crippen LogP contribution in [0.25, 0.3) is 0 Å². The van der Waals surface area contributed by atoms with Gasteiger partial charge in [0.15, 0.2) is 0 Å². The molecule has 0 saturated heterocycles. The average Bonchev–Trinajstić information content (AvgIpc) is 2.41. The Morgan fingerprint density at radius 1 is 1.11 bits per heavy atom. The summed E-state index contributed by atoms with van der Waals surface area (Å²) in [5.41, 5.74) is 0. The molecule has 3 heteroatoms. The highest BCUT2D eigenvalue weighted by Gasteiger charge is 2.13. The second-order valence-corrected chi connectivity index (χ2v) is 5.55. The van der Waals surface area contributed by atoms with Crippen molar-refractivity contribution in [2.45, 2.75) is 64.7 Å². The van der Waals surface area contributed by atoms with Crippen molar-refractivity contribution in [2.75, 3.05) is 19.6 Å². The third-order valence-corrected chi connectivity index (χ3v) is 3.81. The van der Waals surface area contributed by atoms with E-state index in [1.54, 1.807) is 0 Å². The summed E-state index contributed by atoms with van der Waals surface area (Å²) in [6, 6.07) is 0. The predicted molar refractivity (Wildman–Crippen MR) is 76.6 cm³/mol. The molecule has 0 aromatic carbocycles. The molecule has 0 aliphatic heterocycles. The van der Waals surface area contributed by atoms with Gasteiger partial charge in [-0.1, -0.05) is 45.4 Å². The Balaban J connectivity index is 1.90. The van der Waals surface area contributed by atoms with E-state index in [2.05, 4.69) is 17.6 Å². The summed E-state index contributed by atoms with van der Waals surface area (Å²) in [6.07, 6.45) is 11.7. The molecular weight excluding hydrogens is 224 g/mol. The van der Waals surface area contributed by atoms with Gasteiger partial charge in [0.2, 0.25) is 5.91 Å². The Hall–Kier alpha value is -0.570. The lowest BCUT2D eigenvalue weighted by Crippen LogP contribution is -2.37. The molecule has 1 fully saturated rings. The number of nitrogens with one attached hydrogen (secondary N) is 2. The van der Waals surface area contributed by atoms with E-state index in [1.165, 1.54) is 57.8 Å². The summed E-state index contributed by atoms with van der Waals surface area (Å²) < 4.78 is 0. The van der Waals surface area contributed by atoms with Gasteiger partial charge in [-0.05, 0) is 31.7 Å². The van der Waals surface area contributed by atoms with Crippen molar-refractivity contribution in [3.8, 4) is 0 Å². The normalized spacial score (nSPS) is 16.7. The highest BCUT2D eigenvalue weighted by molar-refractivity contribution is 5.77. The van der Waals surface area contributed by atoms with Gasteiger partial charge in [-0.2, -0.15) is 0 Å². The Labute approximate surface area is 112 Å². The second-order valence-electron chi connectivity index (χ2n) is 5.55. The van der Waals surface area contributed by atoms with Crippen LogP contribution in [0.5, 0.6) is 0 Å². The summed E-state index contributed by atoms with van der Waals surface area (Å²) >= 11 is 0. The Kier molecular flexibility index (Phi) is 8.92. The summed E-state index contributed by atoms with van der Waals surface area (Å²) in [5, 5.41) is 6.27. The van der Waals surface area contributed by atoms with Crippen LogP contribution in [0.15, 0.2) is 0 Å². The van der Waals surface area contributed by atoms with E-state index in [0.29, 0.717) is 6.54 Å². The number of rotatable bonds is 9. The highest BCUT2D eigenvalue weighted by Crippen LogP contribution is 2.22. The molecule has 1 aliphatic carbocycles. The Morgan fingerprint density at radius 2 is 1.89 bits per heavy atom. The topological polar surface area (TPSA) is 41.1 Å². The maximum Gasteiger partial charge on any atom is 0.233 e. The maximum absolute atomic E-state index is 11.6. The minimum Gasteiger partial charge on any atom is -0.355 e. The number of hydrogen-bond donors (Lipinski definition) is 2. The molecule has 18 heavy (non-hydrogen) atoms. The highest BCUT2D eigenvalue weighted by atomic mass is 16.1. The van der Waals surface area contributed by atoms with Gasteiger partial charge < -0.3 is 10.6 Å². The second kappa shape index (κ2) is 10.4. The zero-order valence-corrected chi connectivity index (χ0v) is 12.0. The number of amides is 1. The molecule has 3 nitrogen and oxygen atoms in total. The number of hydrogen-bond acceptors (Lipinski definition) is 2. The molecule has 1 saturated carbocycles. The van der Waals surface area contributed by atoms with Crippen molar-refractivity contribution < 1.29 is 4.79 Å². The van der Waals surface area contributed by atoms with E-state index in [9.17, 15) is 4.79 Å². The quantitative estimate of drug-likeness (QED) is 0.621. The average molecular weight is 254 g/mol. The van der Waals surface area contributed by atoms with Crippen LogP contribution in [0.4, 0.5) is 0 Å². The van der Waals surface area contributed by atoms with Crippen LogP contribution in [0.2, 0.25) is 0 Å². The molecule has 0 heterocycles. The van der Waals surface area contributed by atoms with Gasteiger partial charge in [-0.3, -0.25) is 4.79 Å². The third kappa shape index (κ3) is 7.70. The van der Waals surface area contributed by atoms with E-state index in [1.807, 2.05) is 0 Å². The minimum atomic E-state index is 0.163. The minimum absolute atomic E-state index is 0.163. The van der Waals surface area contributed by atoms with Crippen molar-refractivity contribution in [3.05, 3.63) is 0 Å². The van der Waals surface area contributed by atoms with E-state index in [4.69, 9.17) is 0 Å². The van der Waals surface area contributed by atoms with Gasteiger partial charge >= 0.3 is 0 Å². The smallest absolute Gasteiger partial charge is 0.233 e. The lowest BCUT2D eigenvalue weighted by atomic mass is 9.89. The zero-order valence-electron chi connectivity index (χ0n) is 12.0. The van der Waals surface area contributed by atoms with Crippen LogP contribution in [-0.2, 0) is 4.79 Å². The van der Waals surface area contributed by atoms with Crippen molar-refractivity contribution >= 4 is 5.91 Å². The first-order chi connectivity index (χ1) is 8.83. The van der Waals surface area contributed by atoms with E-state index in [0.717, 1.165) is 19.0 Å². The molecule has 0 aromatic heterocycles. The first-order valence-electron chi connectivity index (χ1n) is 7.80. The first-order valence-corrected chi connectivity index (χ1v) is 7.80. The number of carbonyl (C=O) groups is 1.